The zero-order valence-electron chi connectivity index (χ0n) is 16.1. The Morgan fingerprint density at radius 2 is 1.67 bits per heavy atom. The van der Waals surface area contributed by atoms with Gasteiger partial charge in [0.25, 0.3) is 0 Å². The molecule has 0 unspecified atom stereocenters. The standard InChI is InChI=1S/C22H18N4O2S2/c1-14(27)25-16-7-9-17(10-8-16)26-19(28)12-30-22-20-18(15-5-3-2-4-6-15)11-29-21(20)23-13-24-22/h2-11,13H,12H2,1H3,(H,25,27)(H,26,28). The summed E-state index contributed by atoms with van der Waals surface area (Å²) in [6.07, 6.45) is 1.54. The second-order valence-corrected chi connectivity index (χ2v) is 8.29. The molecule has 2 N–H and O–H groups in total. The molecule has 150 valence electrons. The van der Waals surface area contributed by atoms with Crippen molar-refractivity contribution in [3.05, 3.63) is 66.3 Å². The number of carbonyl (C=O) groups is 2. The summed E-state index contributed by atoms with van der Waals surface area (Å²) in [6, 6.07) is 17.1. The summed E-state index contributed by atoms with van der Waals surface area (Å²) in [6.45, 7) is 1.45. The molecule has 0 aliphatic carbocycles. The highest BCUT2D eigenvalue weighted by molar-refractivity contribution is 8.00. The fourth-order valence-corrected chi connectivity index (χ4v) is 4.75. The number of nitrogens with zero attached hydrogens (tertiary/aromatic N) is 2. The molecule has 0 saturated heterocycles. The monoisotopic (exact) mass is 434 g/mol. The third-order valence-corrected chi connectivity index (χ3v) is 6.13. The van der Waals surface area contributed by atoms with E-state index in [0.717, 1.165) is 26.4 Å². The van der Waals surface area contributed by atoms with Gasteiger partial charge in [0, 0.05) is 29.2 Å². The Hall–Kier alpha value is -3.23. The fourth-order valence-electron chi connectivity index (χ4n) is 2.96. The highest BCUT2D eigenvalue weighted by Crippen LogP contribution is 2.37. The van der Waals surface area contributed by atoms with Crippen molar-refractivity contribution in [2.75, 3.05) is 16.4 Å². The van der Waals surface area contributed by atoms with Crippen LogP contribution in [0.2, 0.25) is 0 Å². The number of carbonyl (C=O) groups excluding carboxylic acids is 2. The van der Waals surface area contributed by atoms with Gasteiger partial charge in [0.1, 0.15) is 16.2 Å². The van der Waals surface area contributed by atoms with E-state index in [9.17, 15) is 9.59 Å². The Bertz CT molecular complexity index is 1190. The summed E-state index contributed by atoms with van der Waals surface area (Å²) in [4.78, 5) is 33.2. The molecule has 2 aromatic carbocycles. The lowest BCUT2D eigenvalue weighted by atomic mass is 10.1. The van der Waals surface area contributed by atoms with Crippen molar-refractivity contribution in [3.8, 4) is 11.1 Å². The molecule has 0 spiro atoms. The molecule has 4 rings (SSSR count). The largest absolute Gasteiger partial charge is 0.326 e. The van der Waals surface area contributed by atoms with Gasteiger partial charge in [0.2, 0.25) is 11.8 Å². The molecular formula is C22H18N4O2S2. The van der Waals surface area contributed by atoms with Crippen molar-refractivity contribution in [1.29, 1.82) is 0 Å². The van der Waals surface area contributed by atoms with E-state index in [1.165, 1.54) is 25.0 Å². The Labute approximate surface area is 181 Å². The van der Waals surface area contributed by atoms with Gasteiger partial charge < -0.3 is 10.6 Å². The van der Waals surface area contributed by atoms with E-state index in [1.54, 1.807) is 35.6 Å². The molecule has 0 saturated carbocycles. The first kappa shape index (κ1) is 20.1. The highest BCUT2D eigenvalue weighted by Gasteiger charge is 2.14. The number of anilines is 2. The summed E-state index contributed by atoms with van der Waals surface area (Å²) < 4.78 is 0. The van der Waals surface area contributed by atoms with E-state index >= 15 is 0 Å². The molecule has 0 bridgehead atoms. The average Bonchev–Trinajstić information content (AvgIpc) is 3.19. The van der Waals surface area contributed by atoms with Gasteiger partial charge in [-0.3, -0.25) is 9.59 Å². The van der Waals surface area contributed by atoms with Crippen LogP contribution in [0, 0.1) is 0 Å². The van der Waals surface area contributed by atoms with Crippen LogP contribution in [0.1, 0.15) is 6.92 Å². The van der Waals surface area contributed by atoms with Gasteiger partial charge in [-0.15, -0.1) is 11.3 Å². The third-order valence-electron chi connectivity index (χ3n) is 4.25. The molecular weight excluding hydrogens is 416 g/mol. The minimum atomic E-state index is -0.136. The Morgan fingerprint density at radius 3 is 2.37 bits per heavy atom. The molecule has 0 fully saturated rings. The minimum absolute atomic E-state index is 0.129. The molecule has 6 nitrogen and oxygen atoms in total. The summed E-state index contributed by atoms with van der Waals surface area (Å²) in [5.74, 6) is -0.0397. The van der Waals surface area contributed by atoms with Crippen molar-refractivity contribution in [1.82, 2.24) is 9.97 Å². The van der Waals surface area contributed by atoms with Crippen LogP contribution < -0.4 is 10.6 Å². The number of fused-ring (bicyclic) bond motifs is 1. The smallest absolute Gasteiger partial charge is 0.234 e. The van der Waals surface area contributed by atoms with Crippen LogP contribution in [0.4, 0.5) is 11.4 Å². The summed E-state index contributed by atoms with van der Waals surface area (Å²) in [7, 11) is 0. The van der Waals surface area contributed by atoms with Crippen LogP contribution in [0.15, 0.2) is 71.3 Å². The van der Waals surface area contributed by atoms with Gasteiger partial charge in [0.15, 0.2) is 0 Å². The number of hydrogen-bond donors (Lipinski definition) is 2. The zero-order valence-corrected chi connectivity index (χ0v) is 17.7. The first-order chi connectivity index (χ1) is 14.6. The molecule has 2 aromatic heterocycles. The number of hydrogen-bond acceptors (Lipinski definition) is 6. The summed E-state index contributed by atoms with van der Waals surface area (Å²) in [5, 5.41) is 9.41. The van der Waals surface area contributed by atoms with E-state index in [2.05, 4.69) is 38.1 Å². The van der Waals surface area contributed by atoms with Gasteiger partial charge >= 0.3 is 0 Å². The van der Waals surface area contributed by atoms with Gasteiger partial charge in [-0.05, 0) is 29.8 Å². The Balaban J connectivity index is 1.46. The normalized spacial score (nSPS) is 10.7. The number of amides is 2. The first-order valence-electron chi connectivity index (χ1n) is 9.18. The van der Waals surface area contributed by atoms with Crippen molar-refractivity contribution in [2.45, 2.75) is 11.9 Å². The third kappa shape index (κ3) is 4.67. The Morgan fingerprint density at radius 1 is 0.967 bits per heavy atom. The van der Waals surface area contributed by atoms with E-state index in [-0.39, 0.29) is 17.6 Å². The van der Waals surface area contributed by atoms with Crippen molar-refractivity contribution < 1.29 is 9.59 Å². The summed E-state index contributed by atoms with van der Waals surface area (Å²) in [5.41, 5.74) is 3.53. The second-order valence-electron chi connectivity index (χ2n) is 6.47. The summed E-state index contributed by atoms with van der Waals surface area (Å²) >= 11 is 2.96. The number of thioether (sulfide) groups is 1. The SMILES string of the molecule is CC(=O)Nc1ccc(NC(=O)CSc2ncnc3scc(-c4ccccc4)c23)cc1. The van der Waals surface area contributed by atoms with Crippen molar-refractivity contribution in [2.24, 2.45) is 0 Å². The van der Waals surface area contributed by atoms with Crippen LogP contribution in [0.3, 0.4) is 0 Å². The van der Waals surface area contributed by atoms with Gasteiger partial charge in [-0.2, -0.15) is 0 Å². The first-order valence-corrected chi connectivity index (χ1v) is 11.0. The molecule has 4 aromatic rings. The van der Waals surface area contributed by atoms with E-state index in [1.807, 2.05) is 18.2 Å². The highest BCUT2D eigenvalue weighted by atomic mass is 32.2. The van der Waals surface area contributed by atoms with Crippen molar-refractivity contribution in [3.63, 3.8) is 0 Å². The number of aromatic nitrogens is 2. The average molecular weight is 435 g/mol. The lowest BCUT2D eigenvalue weighted by Crippen LogP contribution is -2.14. The molecule has 30 heavy (non-hydrogen) atoms. The topological polar surface area (TPSA) is 84.0 Å². The maximum atomic E-state index is 12.4. The van der Waals surface area contributed by atoms with Crippen LogP contribution in [0.5, 0.6) is 0 Å². The second kappa shape index (κ2) is 9.06. The molecule has 2 heterocycles. The van der Waals surface area contributed by atoms with Gasteiger partial charge in [-0.1, -0.05) is 42.1 Å². The lowest BCUT2D eigenvalue weighted by molar-refractivity contribution is -0.114. The van der Waals surface area contributed by atoms with E-state index < -0.39 is 0 Å². The van der Waals surface area contributed by atoms with Crippen LogP contribution >= 0.6 is 23.1 Å². The van der Waals surface area contributed by atoms with Crippen LogP contribution in [-0.2, 0) is 9.59 Å². The Kier molecular flexibility index (Phi) is 6.06. The van der Waals surface area contributed by atoms with Gasteiger partial charge in [0.05, 0.1) is 11.1 Å². The maximum absolute atomic E-state index is 12.4. The molecule has 2 amide bonds. The fraction of sp³-hybridized carbons (Fsp3) is 0.0909. The predicted octanol–water partition coefficient (Wildman–Crippen LogP) is 5.05. The zero-order chi connectivity index (χ0) is 20.9. The number of rotatable bonds is 6. The number of benzene rings is 2. The molecule has 8 heteroatoms. The number of thiophene rings is 1. The molecule has 0 atom stereocenters. The minimum Gasteiger partial charge on any atom is -0.326 e. The quantitative estimate of drug-likeness (QED) is 0.328. The van der Waals surface area contributed by atoms with Crippen molar-refractivity contribution >= 4 is 56.5 Å². The maximum Gasteiger partial charge on any atom is 0.234 e. The van der Waals surface area contributed by atoms with Crippen LogP contribution in [-0.4, -0.2) is 27.5 Å². The van der Waals surface area contributed by atoms with Gasteiger partial charge in [-0.25, -0.2) is 9.97 Å². The predicted molar refractivity (Wildman–Crippen MR) is 123 cm³/mol. The van der Waals surface area contributed by atoms with E-state index in [4.69, 9.17) is 0 Å². The molecule has 0 aliphatic heterocycles. The molecule has 0 radical (unpaired) electrons. The number of nitrogens with one attached hydrogen (secondary N) is 2. The lowest BCUT2D eigenvalue weighted by Gasteiger charge is -2.08. The molecule has 0 aliphatic rings. The van der Waals surface area contributed by atoms with Crippen LogP contribution in [0.25, 0.3) is 21.3 Å². The van der Waals surface area contributed by atoms with E-state index in [0.29, 0.717) is 11.4 Å².